The molecule has 0 aliphatic carbocycles. The van der Waals surface area contributed by atoms with Crippen molar-refractivity contribution in [1.82, 2.24) is 4.98 Å². The van der Waals surface area contributed by atoms with Gasteiger partial charge in [0, 0.05) is 22.5 Å². The topological polar surface area (TPSA) is 98.6 Å². The summed E-state index contributed by atoms with van der Waals surface area (Å²) < 4.78 is 5.80. The number of ether oxygens (including phenoxy) is 1. The van der Waals surface area contributed by atoms with Gasteiger partial charge in [0.2, 0.25) is 0 Å². The summed E-state index contributed by atoms with van der Waals surface area (Å²) in [6, 6.07) is 18.5. The monoisotopic (exact) mass is 353 g/mol. The Bertz CT molecular complexity index is 875. The van der Waals surface area contributed by atoms with E-state index in [0.717, 1.165) is 11.4 Å². The minimum Gasteiger partial charge on any atom is -0.456 e. The summed E-state index contributed by atoms with van der Waals surface area (Å²) in [5, 5.41) is 3.98. The molecule has 6 nitrogen and oxygen atoms in total. The van der Waals surface area contributed by atoms with Gasteiger partial charge in [0.25, 0.3) is 0 Å². The Labute approximate surface area is 150 Å². The number of hydrogen-bond acceptors (Lipinski definition) is 4. The van der Waals surface area contributed by atoms with Crippen LogP contribution in [0.1, 0.15) is 0 Å². The molecule has 25 heavy (non-hydrogen) atoms. The van der Waals surface area contributed by atoms with Gasteiger partial charge in [-0.2, -0.15) is 4.99 Å². The van der Waals surface area contributed by atoms with Gasteiger partial charge in [-0.05, 0) is 48.5 Å². The fourth-order valence-electron chi connectivity index (χ4n) is 2.10. The normalized spacial score (nSPS) is 10.1. The molecular weight excluding hydrogens is 338 g/mol. The standard InChI is InChI=1S/C18H16ClN5O/c19-12-4-6-13(7-5-12)23-14-2-1-3-15(10-14)25-16-8-9-17(22-11-16)24-18(20)21/h1-11,23H,(H4,20,21,22,24). The minimum absolute atomic E-state index is 0.0397. The molecule has 0 aliphatic heterocycles. The van der Waals surface area contributed by atoms with Gasteiger partial charge in [-0.15, -0.1) is 0 Å². The molecule has 3 rings (SSSR count). The smallest absolute Gasteiger partial charge is 0.192 e. The maximum atomic E-state index is 5.89. The molecule has 3 aromatic rings. The van der Waals surface area contributed by atoms with Gasteiger partial charge in [-0.3, -0.25) is 0 Å². The minimum atomic E-state index is -0.0397. The molecule has 1 heterocycles. The molecule has 0 saturated heterocycles. The second-order valence-electron chi connectivity index (χ2n) is 5.15. The van der Waals surface area contributed by atoms with Crippen molar-refractivity contribution in [3.8, 4) is 11.5 Å². The van der Waals surface area contributed by atoms with Crippen LogP contribution in [-0.4, -0.2) is 10.9 Å². The SMILES string of the molecule is NC(N)=Nc1ccc(Oc2cccc(Nc3ccc(Cl)cc3)c2)cn1. The maximum absolute atomic E-state index is 5.89. The highest BCUT2D eigenvalue weighted by molar-refractivity contribution is 6.30. The fourth-order valence-corrected chi connectivity index (χ4v) is 2.23. The highest BCUT2D eigenvalue weighted by Crippen LogP contribution is 2.26. The number of nitrogens with zero attached hydrogens (tertiary/aromatic N) is 2. The van der Waals surface area contributed by atoms with Crippen molar-refractivity contribution in [3.05, 3.63) is 71.9 Å². The maximum Gasteiger partial charge on any atom is 0.192 e. The van der Waals surface area contributed by atoms with E-state index in [0.29, 0.717) is 22.3 Å². The van der Waals surface area contributed by atoms with Crippen LogP contribution >= 0.6 is 11.6 Å². The number of guanidine groups is 1. The Morgan fingerprint density at radius 3 is 2.44 bits per heavy atom. The number of pyridine rings is 1. The second kappa shape index (κ2) is 7.55. The highest BCUT2D eigenvalue weighted by atomic mass is 35.5. The van der Waals surface area contributed by atoms with Crippen molar-refractivity contribution >= 4 is 34.8 Å². The summed E-state index contributed by atoms with van der Waals surface area (Å²) in [6.45, 7) is 0. The van der Waals surface area contributed by atoms with Gasteiger partial charge in [0.15, 0.2) is 11.8 Å². The lowest BCUT2D eigenvalue weighted by Gasteiger charge is -2.10. The van der Waals surface area contributed by atoms with Crippen molar-refractivity contribution in [2.75, 3.05) is 5.32 Å². The predicted octanol–water partition coefficient (Wildman–Crippen LogP) is 4.18. The zero-order chi connectivity index (χ0) is 17.6. The zero-order valence-electron chi connectivity index (χ0n) is 13.2. The van der Waals surface area contributed by atoms with Crippen LogP contribution in [0, 0.1) is 0 Å². The molecule has 126 valence electrons. The Morgan fingerprint density at radius 2 is 1.76 bits per heavy atom. The number of nitrogens with one attached hydrogen (secondary N) is 1. The highest BCUT2D eigenvalue weighted by Gasteiger charge is 2.01. The number of nitrogens with two attached hydrogens (primary N) is 2. The van der Waals surface area contributed by atoms with Crippen LogP contribution in [0.2, 0.25) is 5.02 Å². The fraction of sp³-hybridized carbons (Fsp3) is 0. The summed E-state index contributed by atoms with van der Waals surface area (Å²) >= 11 is 5.89. The molecular formula is C18H16ClN5O. The van der Waals surface area contributed by atoms with Crippen molar-refractivity contribution < 1.29 is 4.74 Å². The molecule has 2 aromatic carbocycles. The molecule has 7 heteroatoms. The van der Waals surface area contributed by atoms with Gasteiger partial charge in [0.05, 0.1) is 6.20 Å². The average molecular weight is 354 g/mol. The average Bonchev–Trinajstić information content (AvgIpc) is 2.59. The summed E-state index contributed by atoms with van der Waals surface area (Å²) in [4.78, 5) is 7.97. The van der Waals surface area contributed by atoms with E-state index in [1.54, 1.807) is 18.3 Å². The molecule has 0 radical (unpaired) electrons. The second-order valence-corrected chi connectivity index (χ2v) is 5.59. The summed E-state index contributed by atoms with van der Waals surface area (Å²) in [5.41, 5.74) is 12.5. The van der Waals surface area contributed by atoms with Crippen molar-refractivity contribution in [2.24, 2.45) is 16.5 Å². The number of hydrogen-bond donors (Lipinski definition) is 3. The molecule has 0 fully saturated rings. The zero-order valence-corrected chi connectivity index (χ0v) is 13.9. The van der Waals surface area contributed by atoms with Crippen LogP contribution < -0.4 is 21.5 Å². The molecule has 0 amide bonds. The molecule has 0 spiro atoms. The summed E-state index contributed by atoms with van der Waals surface area (Å²) in [5.74, 6) is 1.64. The molecule has 0 unspecified atom stereocenters. The van der Waals surface area contributed by atoms with E-state index in [-0.39, 0.29) is 5.96 Å². The van der Waals surface area contributed by atoms with E-state index in [4.69, 9.17) is 27.8 Å². The Hall–Kier alpha value is -3.25. The molecule has 1 aromatic heterocycles. The van der Waals surface area contributed by atoms with Crippen molar-refractivity contribution in [1.29, 1.82) is 0 Å². The van der Waals surface area contributed by atoms with Gasteiger partial charge in [-0.1, -0.05) is 17.7 Å². The molecule has 0 saturated carbocycles. The summed E-state index contributed by atoms with van der Waals surface area (Å²) in [7, 11) is 0. The number of benzene rings is 2. The number of halogens is 1. The van der Waals surface area contributed by atoms with Crippen LogP contribution in [0.25, 0.3) is 0 Å². The number of aliphatic imine (C=N–C) groups is 1. The lowest BCUT2D eigenvalue weighted by atomic mass is 10.2. The number of anilines is 2. The van der Waals surface area contributed by atoms with Crippen LogP contribution in [0.3, 0.4) is 0 Å². The van der Waals surface area contributed by atoms with E-state index in [1.165, 1.54) is 0 Å². The van der Waals surface area contributed by atoms with Crippen LogP contribution in [0.4, 0.5) is 17.2 Å². The Morgan fingerprint density at radius 1 is 0.960 bits per heavy atom. The third-order valence-corrected chi connectivity index (χ3v) is 3.42. The van der Waals surface area contributed by atoms with E-state index in [9.17, 15) is 0 Å². The number of aromatic nitrogens is 1. The third-order valence-electron chi connectivity index (χ3n) is 3.17. The van der Waals surface area contributed by atoms with Crippen molar-refractivity contribution in [3.63, 3.8) is 0 Å². The van der Waals surface area contributed by atoms with E-state index in [1.807, 2.05) is 48.5 Å². The van der Waals surface area contributed by atoms with E-state index < -0.39 is 0 Å². The number of rotatable bonds is 5. The first-order chi connectivity index (χ1) is 12.1. The van der Waals surface area contributed by atoms with Crippen LogP contribution in [0.5, 0.6) is 11.5 Å². The molecule has 5 N–H and O–H groups in total. The lowest BCUT2D eigenvalue weighted by Crippen LogP contribution is -2.22. The first kappa shape index (κ1) is 16.6. The lowest BCUT2D eigenvalue weighted by molar-refractivity contribution is 0.480. The first-order valence-corrected chi connectivity index (χ1v) is 7.82. The first-order valence-electron chi connectivity index (χ1n) is 7.45. The van der Waals surface area contributed by atoms with Crippen molar-refractivity contribution in [2.45, 2.75) is 0 Å². The van der Waals surface area contributed by atoms with Gasteiger partial charge < -0.3 is 21.5 Å². The predicted molar refractivity (Wildman–Crippen MR) is 101 cm³/mol. The largest absolute Gasteiger partial charge is 0.456 e. The third kappa shape index (κ3) is 4.86. The quantitative estimate of drug-likeness (QED) is 0.472. The molecule has 0 aliphatic rings. The van der Waals surface area contributed by atoms with Crippen LogP contribution in [0.15, 0.2) is 71.9 Å². The van der Waals surface area contributed by atoms with Gasteiger partial charge in [0.1, 0.15) is 11.5 Å². The molecule has 0 bridgehead atoms. The Kier molecular flexibility index (Phi) is 5.01. The van der Waals surface area contributed by atoms with Gasteiger partial charge in [-0.25, -0.2) is 4.98 Å². The summed E-state index contributed by atoms with van der Waals surface area (Å²) in [6.07, 6.45) is 1.56. The van der Waals surface area contributed by atoms with Crippen LogP contribution in [-0.2, 0) is 0 Å². The van der Waals surface area contributed by atoms with Gasteiger partial charge >= 0.3 is 0 Å². The van der Waals surface area contributed by atoms with E-state index in [2.05, 4.69) is 15.3 Å². The molecule has 0 atom stereocenters. The van der Waals surface area contributed by atoms with E-state index >= 15 is 0 Å². The Balaban J connectivity index is 1.71.